The van der Waals surface area contributed by atoms with E-state index in [-0.39, 0.29) is 0 Å². The van der Waals surface area contributed by atoms with Gasteiger partial charge < -0.3 is 15.3 Å². The molecule has 1 fully saturated rings. The zero-order chi connectivity index (χ0) is 17.1. The molecule has 3 nitrogen and oxygen atoms in total. The van der Waals surface area contributed by atoms with E-state index in [9.17, 15) is 5.11 Å². The second-order valence-electron chi connectivity index (χ2n) is 7.43. The van der Waals surface area contributed by atoms with Crippen molar-refractivity contribution in [1.82, 2.24) is 5.32 Å². The van der Waals surface area contributed by atoms with Crippen LogP contribution in [0.5, 0.6) is 5.75 Å². The van der Waals surface area contributed by atoms with E-state index in [4.69, 9.17) is 0 Å². The van der Waals surface area contributed by atoms with E-state index in [0.29, 0.717) is 17.7 Å². The summed E-state index contributed by atoms with van der Waals surface area (Å²) in [7, 11) is 0. The predicted molar refractivity (Wildman–Crippen MR) is 103 cm³/mol. The smallest absolute Gasteiger partial charge is 0.115 e. The van der Waals surface area contributed by atoms with Crippen molar-refractivity contribution in [1.29, 1.82) is 0 Å². The fourth-order valence-corrected chi connectivity index (χ4v) is 4.55. The molecule has 2 aliphatic rings. The van der Waals surface area contributed by atoms with E-state index in [1.165, 1.54) is 37.8 Å². The fourth-order valence-electron chi connectivity index (χ4n) is 4.55. The number of aromatic hydroxyl groups is 1. The normalized spacial score (nSPS) is 23.3. The van der Waals surface area contributed by atoms with Gasteiger partial charge in [-0.2, -0.15) is 0 Å². The summed E-state index contributed by atoms with van der Waals surface area (Å²) in [5.74, 6) is 1.06. The third-order valence-electron chi connectivity index (χ3n) is 5.87. The second kappa shape index (κ2) is 7.49. The number of piperazine rings is 1. The minimum Gasteiger partial charge on any atom is -0.508 e. The average molecular weight is 336 g/mol. The van der Waals surface area contributed by atoms with Crippen molar-refractivity contribution in [2.45, 2.75) is 44.1 Å². The van der Waals surface area contributed by atoms with E-state index in [2.05, 4.69) is 34.5 Å². The van der Waals surface area contributed by atoms with E-state index in [1.54, 1.807) is 23.3 Å². The largest absolute Gasteiger partial charge is 0.508 e. The van der Waals surface area contributed by atoms with Gasteiger partial charge in [-0.25, -0.2) is 0 Å². The topological polar surface area (TPSA) is 35.5 Å². The van der Waals surface area contributed by atoms with Crippen LogP contribution in [0, 0.1) is 0 Å². The van der Waals surface area contributed by atoms with Gasteiger partial charge in [0.2, 0.25) is 0 Å². The third kappa shape index (κ3) is 3.67. The fraction of sp³-hybridized carbons (Fsp3) is 0.455. The lowest BCUT2D eigenvalue weighted by Gasteiger charge is -2.39. The summed E-state index contributed by atoms with van der Waals surface area (Å²) in [5, 5.41) is 13.1. The van der Waals surface area contributed by atoms with Gasteiger partial charge >= 0.3 is 0 Å². The van der Waals surface area contributed by atoms with Crippen LogP contribution in [0.1, 0.15) is 42.7 Å². The molecule has 0 radical (unpaired) electrons. The number of phenolic OH excluding ortho intramolecular Hbond substituents is 1. The summed E-state index contributed by atoms with van der Waals surface area (Å²) in [6, 6.07) is 17.3. The van der Waals surface area contributed by atoms with E-state index in [1.807, 2.05) is 12.1 Å². The summed E-state index contributed by atoms with van der Waals surface area (Å²) in [6.45, 7) is 3.12. The maximum Gasteiger partial charge on any atom is 0.115 e. The molecule has 3 heteroatoms. The molecule has 0 spiro atoms. The summed E-state index contributed by atoms with van der Waals surface area (Å²) in [4.78, 5) is 2.52. The van der Waals surface area contributed by atoms with Gasteiger partial charge in [0.1, 0.15) is 5.75 Å². The number of benzene rings is 2. The molecule has 0 saturated carbocycles. The lowest BCUT2D eigenvalue weighted by atomic mass is 9.80. The Hall–Kier alpha value is -2.00. The summed E-state index contributed by atoms with van der Waals surface area (Å²) in [6.07, 6.45) is 6.38. The summed E-state index contributed by atoms with van der Waals surface area (Å²) in [5.41, 5.74) is 4.39. The highest BCUT2D eigenvalue weighted by atomic mass is 16.3. The highest BCUT2D eigenvalue weighted by Crippen LogP contribution is 2.35. The van der Waals surface area contributed by atoms with Gasteiger partial charge in [0.05, 0.1) is 0 Å². The van der Waals surface area contributed by atoms with Crippen molar-refractivity contribution in [2.75, 3.05) is 24.5 Å². The number of hydrogen-bond donors (Lipinski definition) is 2. The monoisotopic (exact) mass is 336 g/mol. The summed E-state index contributed by atoms with van der Waals surface area (Å²) < 4.78 is 0. The first-order chi connectivity index (χ1) is 12.3. The van der Waals surface area contributed by atoms with Crippen molar-refractivity contribution < 1.29 is 5.11 Å². The van der Waals surface area contributed by atoms with Crippen LogP contribution in [-0.4, -0.2) is 30.8 Å². The van der Waals surface area contributed by atoms with Crippen LogP contribution < -0.4 is 10.2 Å². The Morgan fingerprint density at radius 3 is 2.76 bits per heavy atom. The Kier molecular flexibility index (Phi) is 4.93. The molecule has 2 unspecified atom stereocenters. The molecule has 132 valence electrons. The number of hydrogen-bond acceptors (Lipinski definition) is 3. The summed E-state index contributed by atoms with van der Waals surface area (Å²) >= 11 is 0. The van der Waals surface area contributed by atoms with E-state index in [0.717, 1.165) is 19.6 Å². The number of aryl methyl sites for hydroxylation is 1. The molecule has 1 aliphatic carbocycles. The standard InChI is InChI=1S/C22H28N2O/c25-21-12-10-19(11-13-21)24-15-14-23-16-20(24)9-8-18-6-3-5-17-4-1-2-7-22(17)18/h1-2,4,7,10-13,18,20,23,25H,3,5-6,8-9,14-16H2. The van der Waals surface area contributed by atoms with Crippen molar-refractivity contribution in [3.63, 3.8) is 0 Å². The SMILES string of the molecule is Oc1ccc(N2CCNCC2CCC2CCCc3ccccc32)cc1. The highest BCUT2D eigenvalue weighted by Gasteiger charge is 2.25. The molecule has 2 aromatic carbocycles. The Balaban J connectivity index is 1.45. The third-order valence-corrected chi connectivity index (χ3v) is 5.87. The molecular formula is C22H28N2O. The Labute approximate surface area is 150 Å². The van der Waals surface area contributed by atoms with Crippen LogP contribution in [-0.2, 0) is 6.42 Å². The quantitative estimate of drug-likeness (QED) is 0.883. The molecule has 0 bridgehead atoms. The molecule has 2 aromatic rings. The number of fused-ring (bicyclic) bond motifs is 1. The van der Waals surface area contributed by atoms with Crippen LogP contribution in [0.15, 0.2) is 48.5 Å². The first-order valence-electron chi connectivity index (χ1n) is 9.65. The molecule has 2 N–H and O–H groups in total. The molecule has 1 saturated heterocycles. The van der Waals surface area contributed by atoms with Gasteiger partial charge in [0.25, 0.3) is 0 Å². The van der Waals surface area contributed by atoms with E-state index < -0.39 is 0 Å². The van der Waals surface area contributed by atoms with Crippen molar-refractivity contribution in [2.24, 2.45) is 0 Å². The Morgan fingerprint density at radius 1 is 1.04 bits per heavy atom. The minimum atomic E-state index is 0.342. The molecule has 1 heterocycles. The van der Waals surface area contributed by atoms with Gasteiger partial charge in [-0.05, 0) is 73.4 Å². The number of phenols is 1. The zero-order valence-electron chi connectivity index (χ0n) is 14.8. The van der Waals surface area contributed by atoms with Gasteiger partial charge in [-0.1, -0.05) is 24.3 Å². The number of rotatable bonds is 4. The zero-order valence-corrected chi connectivity index (χ0v) is 14.8. The first kappa shape index (κ1) is 16.5. The molecule has 25 heavy (non-hydrogen) atoms. The maximum atomic E-state index is 9.56. The lowest BCUT2D eigenvalue weighted by molar-refractivity contribution is 0.412. The van der Waals surface area contributed by atoms with Gasteiger partial charge in [0, 0.05) is 31.4 Å². The van der Waals surface area contributed by atoms with Crippen molar-refractivity contribution in [3.8, 4) is 5.75 Å². The van der Waals surface area contributed by atoms with Gasteiger partial charge in [-0.3, -0.25) is 0 Å². The van der Waals surface area contributed by atoms with Gasteiger partial charge in [0.15, 0.2) is 0 Å². The van der Waals surface area contributed by atoms with Crippen LogP contribution in [0.25, 0.3) is 0 Å². The number of nitrogens with zero attached hydrogens (tertiary/aromatic N) is 1. The van der Waals surface area contributed by atoms with Crippen molar-refractivity contribution >= 4 is 5.69 Å². The molecule has 2 atom stereocenters. The maximum absolute atomic E-state index is 9.56. The van der Waals surface area contributed by atoms with Crippen LogP contribution >= 0.6 is 0 Å². The Bertz CT molecular complexity index is 697. The van der Waals surface area contributed by atoms with Crippen LogP contribution in [0.4, 0.5) is 5.69 Å². The molecule has 0 aromatic heterocycles. The predicted octanol–water partition coefficient (Wildman–Crippen LogP) is 4.07. The minimum absolute atomic E-state index is 0.342. The number of anilines is 1. The number of nitrogens with one attached hydrogen (secondary N) is 1. The first-order valence-corrected chi connectivity index (χ1v) is 9.65. The Morgan fingerprint density at radius 2 is 1.88 bits per heavy atom. The molecule has 1 aliphatic heterocycles. The van der Waals surface area contributed by atoms with E-state index >= 15 is 0 Å². The van der Waals surface area contributed by atoms with Crippen LogP contribution in [0.3, 0.4) is 0 Å². The lowest BCUT2D eigenvalue weighted by Crippen LogP contribution is -2.51. The molecule has 4 rings (SSSR count). The molecule has 0 amide bonds. The second-order valence-corrected chi connectivity index (χ2v) is 7.43. The van der Waals surface area contributed by atoms with Gasteiger partial charge in [-0.15, -0.1) is 0 Å². The molecular weight excluding hydrogens is 308 g/mol. The highest BCUT2D eigenvalue weighted by molar-refractivity contribution is 5.50. The van der Waals surface area contributed by atoms with Crippen molar-refractivity contribution in [3.05, 3.63) is 59.7 Å². The average Bonchev–Trinajstić information content (AvgIpc) is 2.67. The van der Waals surface area contributed by atoms with Crippen LogP contribution in [0.2, 0.25) is 0 Å².